The summed E-state index contributed by atoms with van der Waals surface area (Å²) < 4.78 is 0. The third-order valence-electron chi connectivity index (χ3n) is 3.59. The number of pyridine rings is 1. The van der Waals surface area contributed by atoms with E-state index in [0.29, 0.717) is 17.7 Å². The number of nitrogens with two attached hydrogens (primary N) is 2. The fraction of sp³-hybridized carbons (Fsp3) is 0.200. The van der Waals surface area contributed by atoms with Gasteiger partial charge in [-0.3, -0.25) is 14.9 Å². The molecule has 0 unspecified atom stereocenters. The molecule has 24 heavy (non-hydrogen) atoms. The zero-order valence-electron chi connectivity index (χ0n) is 12.9. The van der Waals surface area contributed by atoms with Crippen LogP contribution in [0.1, 0.15) is 28.4 Å². The summed E-state index contributed by atoms with van der Waals surface area (Å²) in [6.07, 6.45) is 1.66. The fourth-order valence-electron chi connectivity index (χ4n) is 2.47. The van der Waals surface area contributed by atoms with Crippen molar-refractivity contribution < 1.29 is 14.8 Å². The van der Waals surface area contributed by atoms with Crippen LogP contribution in [0.15, 0.2) is 24.4 Å². The van der Waals surface area contributed by atoms with E-state index >= 15 is 0 Å². The molecule has 0 aliphatic rings. The Morgan fingerprint density at radius 1 is 1.46 bits per heavy atom. The standard InChI is InChI=1S/C15H17N5O4/c1-2-9-8(7-21)4-3-5-11(9)19-12-10(15(17)22)6-18-14(16)13(12)20(23)24/h3-6,21H,2,7H2,1H3,(H2,17,22)(H3,16,18,19). The number of hydrogen-bond acceptors (Lipinski definition) is 7. The van der Waals surface area contributed by atoms with Crippen LogP contribution in [0.5, 0.6) is 0 Å². The van der Waals surface area contributed by atoms with E-state index in [2.05, 4.69) is 10.3 Å². The molecule has 2 rings (SSSR count). The molecule has 1 aromatic heterocycles. The van der Waals surface area contributed by atoms with Gasteiger partial charge in [-0.1, -0.05) is 19.1 Å². The summed E-state index contributed by atoms with van der Waals surface area (Å²) >= 11 is 0. The number of carbonyl (C=O) groups excluding carboxylic acids is 1. The summed E-state index contributed by atoms with van der Waals surface area (Å²) in [6, 6.07) is 5.12. The van der Waals surface area contributed by atoms with Crippen molar-refractivity contribution in [2.75, 3.05) is 11.1 Å². The molecule has 0 saturated carbocycles. The van der Waals surface area contributed by atoms with E-state index in [1.807, 2.05) is 6.92 Å². The van der Waals surface area contributed by atoms with Crippen LogP contribution in [0.25, 0.3) is 0 Å². The number of benzene rings is 1. The molecular formula is C15H17N5O4. The third kappa shape index (κ3) is 3.10. The number of rotatable bonds is 6. The average Bonchev–Trinajstić information content (AvgIpc) is 2.53. The summed E-state index contributed by atoms with van der Waals surface area (Å²) in [7, 11) is 0. The van der Waals surface area contributed by atoms with Crippen molar-refractivity contribution in [1.82, 2.24) is 4.98 Å². The van der Waals surface area contributed by atoms with Crippen molar-refractivity contribution in [3.05, 3.63) is 51.2 Å². The van der Waals surface area contributed by atoms with Gasteiger partial charge in [-0.05, 0) is 23.6 Å². The Bertz CT molecular complexity index is 807. The highest BCUT2D eigenvalue weighted by molar-refractivity contribution is 6.02. The lowest BCUT2D eigenvalue weighted by Crippen LogP contribution is -2.16. The highest BCUT2D eigenvalue weighted by Gasteiger charge is 2.26. The van der Waals surface area contributed by atoms with E-state index in [-0.39, 0.29) is 23.7 Å². The SMILES string of the molecule is CCc1c(CO)cccc1Nc1c(C(N)=O)cnc(N)c1[N+](=O)[O-]. The van der Waals surface area contributed by atoms with Crippen LogP contribution >= 0.6 is 0 Å². The van der Waals surface area contributed by atoms with Gasteiger partial charge in [0.2, 0.25) is 5.82 Å². The van der Waals surface area contributed by atoms with E-state index in [4.69, 9.17) is 11.5 Å². The van der Waals surface area contributed by atoms with Crippen molar-refractivity contribution in [3.63, 3.8) is 0 Å². The molecule has 0 spiro atoms. The maximum absolute atomic E-state index is 11.6. The molecular weight excluding hydrogens is 314 g/mol. The number of anilines is 3. The van der Waals surface area contributed by atoms with E-state index in [1.54, 1.807) is 18.2 Å². The second kappa shape index (κ2) is 6.92. The number of carbonyl (C=O) groups is 1. The van der Waals surface area contributed by atoms with E-state index < -0.39 is 16.5 Å². The van der Waals surface area contributed by atoms with E-state index in [0.717, 1.165) is 11.8 Å². The molecule has 0 aliphatic heterocycles. The maximum atomic E-state index is 11.6. The molecule has 1 heterocycles. The van der Waals surface area contributed by atoms with Crippen LogP contribution in [-0.4, -0.2) is 20.9 Å². The number of primary amides is 1. The van der Waals surface area contributed by atoms with Gasteiger partial charge in [0.05, 0.1) is 17.1 Å². The van der Waals surface area contributed by atoms with Crippen molar-refractivity contribution in [2.24, 2.45) is 5.73 Å². The molecule has 0 saturated heterocycles. The van der Waals surface area contributed by atoms with Crippen LogP contribution < -0.4 is 16.8 Å². The molecule has 9 nitrogen and oxygen atoms in total. The largest absolute Gasteiger partial charge is 0.392 e. The average molecular weight is 331 g/mol. The van der Waals surface area contributed by atoms with Crippen LogP contribution in [0.2, 0.25) is 0 Å². The normalized spacial score (nSPS) is 10.4. The molecule has 9 heteroatoms. The van der Waals surface area contributed by atoms with Gasteiger partial charge in [-0.25, -0.2) is 4.98 Å². The first-order valence-corrected chi connectivity index (χ1v) is 7.12. The molecule has 1 amide bonds. The molecule has 2 aromatic rings. The van der Waals surface area contributed by atoms with Gasteiger partial charge in [0, 0.05) is 11.9 Å². The van der Waals surface area contributed by atoms with E-state index in [1.165, 1.54) is 0 Å². The van der Waals surface area contributed by atoms with Crippen LogP contribution in [0.3, 0.4) is 0 Å². The topological polar surface area (TPSA) is 157 Å². The Morgan fingerprint density at radius 3 is 2.71 bits per heavy atom. The Kier molecular flexibility index (Phi) is 4.95. The minimum Gasteiger partial charge on any atom is -0.392 e. The van der Waals surface area contributed by atoms with Crippen molar-refractivity contribution in [2.45, 2.75) is 20.0 Å². The van der Waals surface area contributed by atoms with Crippen molar-refractivity contribution >= 4 is 28.8 Å². The van der Waals surface area contributed by atoms with Gasteiger partial charge in [-0.15, -0.1) is 0 Å². The zero-order chi connectivity index (χ0) is 17.9. The smallest absolute Gasteiger partial charge is 0.335 e. The predicted molar refractivity (Wildman–Crippen MR) is 88.8 cm³/mol. The second-order valence-electron chi connectivity index (χ2n) is 4.98. The first-order chi connectivity index (χ1) is 11.4. The molecule has 0 aliphatic carbocycles. The monoisotopic (exact) mass is 331 g/mol. The number of amides is 1. The van der Waals surface area contributed by atoms with Gasteiger partial charge in [0.25, 0.3) is 5.91 Å². The summed E-state index contributed by atoms with van der Waals surface area (Å²) in [5, 5.41) is 23.6. The maximum Gasteiger partial charge on any atom is 0.335 e. The first kappa shape index (κ1) is 17.2. The number of aliphatic hydroxyl groups excluding tert-OH is 1. The summed E-state index contributed by atoms with van der Waals surface area (Å²) in [6.45, 7) is 1.70. The number of hydrogen-bond donors (Lipinski definition) is 4. The number of nitrogen functional groups attached to an aromatic ring is 1. The lowest BCUT2D eigenvalue weighted by Gasteiger charge is -2.16. The predicted octanol–water partition coefficient (Wildman–Crippen LogP) is 1.47. The van der Waals surface area contributed by atoms with Gasteiger partial charge < -0.3 is 21.9 Å². The van der Waals surface area contributed by atoms with Gasteiger partial charge in [0.15, 0.2) is 0 Å². The summed E-state index contributed by atoms with van der Waals surface area (Å²) in [5.74, 6) is -1.20. The molecule has 1 aromatic carbocycles. The zero-order valence-corrected chi connectivity index (χ0v) is 12.9. The lowest BCUT2D eigenvalue weighted by molar-refractivity contribution is -0.383. The Labute approximate surface area is 137 Å². The molecule has 126 valence electrons. The Morgan fingerprint density at radius 2 is 2.17 bits per heavy atom. The number of aromatic nitrogens is 1. The number of nitrogens with zero attached hydrogens (tertiary/aromatic N) is 2. The molecule has 0 bridgehead atoms. The van der Waals surface area contributed by atoms with Crippen molar-refractivity contribution in [1.29, 1.82) is 0 Å². The second-order valence-corrected chi connectivity index (χ2v) is 4.98. The Hall–Kier alpha value is -3.20. The summed E-state index contributed by atoms with van der Waals surface area (Å²) in [4.78, 5) is 25.9. The minimum atomic E-state index is -0.871. The highest BCUT2D eigenvalue weighted by Crippen LogP contribution is 2.36. The first-order valence-electron chi connectivity index (χ1n) is 7.12. The number of nitro groups is 1. The fourth-order valence-corrected chi connectivity index (χ4v) is 2.47. The van der Waals surface area contributed by atoms with Gasteiger partial charge in [-0.2, -0.15) is 0 Å². The van der Waals surface area contributed by atoms with Crippen LogP contribution in [-0.2, 0) is 13.0 Å². The van der Waals surface area contributed by atoms with Gasteiger partial charge in [0.1, 0.15) is 5.69 Å². The summed E-state index contributed by atoms with van der Waals surface area (Å²) in [5.41, 5.74) is 12.0. The molecule has 0 atom stereocenters. The van der Waals surface area contributed by atoms with Crippen LogP contribution in [0.4, 0.5) is 22.9 Å². The Balaban J connectivity index is 2.67. The highest BCUT2D eigenvalue weighted by atomic mass is 16.6. The number of nitrogens with one attached hydrogen (secondary N) is 1. The quantitative estimate of drug-likeness (QED) is 0.461. The van der Waals surface area contributed by atoms with Crippen LogP contribution in [0, 0.1) is 10.1 Å². The number of aliphatic hydroxyl groups is 1. The molecule has 0 radical (unpaired) electrons. The minimum absolute atomic E-state index is 0.121. The molecule has 6 N–H and O–H groups in total. The van der Waals surface area contributed by atoms with E-state index in [9.17, 15) is 20.0 Å². The third-order valence-corrected chi connectivity index (χ3v) is 3.59. The van der Waals surface area contributed by atoms with Gasteiger partial charge >= 0.3 is 5.69 Å². The van der Waals surface area contributed by atoms with Crippen molar-refractivity contribution in [3.8, 4) is 0 Å². The lowest BCUT2D eigenvalue weighted by atomic mass is 10.0. The molecule has 0 fully saturated rings.